The second-order valence-corrected chi connectivity index (χ2v) is 4.28. The van der Waals surface area contributed by atoms with Crippen LogP contribution in [0, 0.1) is 6.92 Å². The zero-order valence-corrected chi connectivity index (χ0v) is 9.96. The fraction of sp³-hybridized carbons (Fsp3) is 0.143. The van der Waals surface area contributed by atoms with E-state index in [1.54, 1.807) is 12.4 Å². The van der Waals surface area contributed by atoms with Crippen LogP contribution >= 0.6 is 0 Å². The number of H-pyrrole nitrogens is 1. The number of fused-ring (bicyclic) bond motifs is 1. The molecule has 2 N–H and O–H groups in total. The molecule has 18 heavy (non-hydrogen) atoms. The van der Waals surface area contributed by atoms with Crippen LogP contribution in [0.2, 0.25) is 0 Å². The Hall–Kier alpha value is -2.20. The van der Waals surface area contributed by atoms with E-state index in [4.69, 9.17) is 0 Å². The number of rotatable bonds is 2. The normalized spacial score (nSPS) is 12.8. The van der Waals surface area contributed by atoms with Crippen LogP contribution in [0.15, 0.2) is 42.7 Å². The number of aliphatic hydroxyl groups excluding tert-OH is 1. The molecule has 3 rings (SSSR count). The molecular formula is C14H13N3O. The first-order chi connectivity index (χ1) is 8.74. The molecular weight excluding hydrogens is 226 g/mol. The van der Waals surface area contributed by atoms with Gasteiger partial charge in [0.05, 0.1) is 5.52 Å². The van der Waals surface area contributed by atoms with Crippen molar-refractivity contribution in [3.8, 4) is 0 Å². The first-order valence-electron chi connectivity index (χ1n) is 5.79. The highest BCUT2D eigenvalue weighted by molar-refractivity contribution is 5.79. The molecule has 90 valence electrons. The van der Waals surface area contributed by atoms with Gasteiger partial charge in [0, 0.05) is 23.5 Å². The minimum atomic E-state index is -0.731. The van der Waals surface area contributed by atoms with Gasteiger partial charge in [-0.3, -0.25) is 4.98 Å². The maximum absolute atomic E-state index is 10.2. The molecule has 4 nitrogen and oxygen atoms in total. The summed E-state index contributed by atoms with van der Waals surface area (Å²) in [4.78, 5) is 11.4. The van der Waals surface area contributed by atoms with Crippen LogP contribution < -0.4 is 0 Å². The van der Waals surface area contributed by atoms with Crippen molar-refractivity contribution in [3.63, 3.8) is 0 Å². The van der Waals surface area contributed by atoms with Crippen LogP contribution in [0.4, 0.5) is 0 Å². The van der Waals surface area contributed by atoms with E-state index >= 15 is 0 Å². The Labute approximate surface area is 104 Å². The molecule has 0 fully saturated rings. The standard InChI is InChI=1S/C14H13N3O/c1-9-2-3-10-8-11(4-5-12(10)17-9)13(18)14-15-6-7-16-14/h2-8,13,18H,1H3,(H,15,16). The minimum Gasteiger partial charge on any atom is -0.380 e. The quantitative estimate of drug-likeness (QED) is 0.721. The van der Waals surface area contributed by atoms with Crippen LogP contribution in [-0.2, 0) is 0 Å². The largest absolute Gasteiger partial charge is 0.380 e. The first kappa shape index (κ1) is 10.9. The van der Waals surface area contributed by atoms with Gasteiger partial charge in [0.25, 0.3) is 0 Å². The number of aromatic amines is 1. The number of nitrogens with zero attached hydrogens (tertiary/aromatic N) is 2. The number of aliphatic hydroxyl groups is 1. The maximum atomic E-state index is 10.2. The fourth-order valence-electron chi connectivity index (χ4n) is 2.00. The summed E-state index contributed by atoms with van der Waals surface area (Å²) in [6.45, 7) is 1.96. The average Bonchev–Trinajstić information content (AvgIpc) is 2.91. The Morgan fingerprint density at radius 2 is 2.11 bits per heavy atom. The lowest BCUT2D eigenvalue weighted by Crippen LogP contribution is -2.01. The van der Waals surface area contributed by atoms with Gasteiger partial charge in [0.1, 0.15) is 11.9 Å². The number of aromatic nitrogens is 3. The summed E-state index contributed by atoms with van der Waals surface area (Å²) < 4.78 is 0. The molecule has 0 radical (unpaired) electrons. The molecule has 0 aliphatic rings. The zero-order chi connectivity index (χ0) is 12.5. The summed E-state index contributed by atoms with van der Waals surface area (Å²) in [5, 5.41) is 11.2. The second-order valence-electron chi connectivity index (χ2n) is 4.28. The number of nitrogens with one attached hydrogen (secondary N) is 1. The third-order valence-corrected chi connectivity index (χ3v) is 2.95. The summed E-state index contributed by atoms with van der Waals surface area (Å²) >= 11 is 0. The highest BCUT2D eigenvalue weighted by Crippen LogP contribution is 2.22. The van der Waals surface area contributed by atoms with E-state index in [2.05, 4.69) is 15.0 Å². The molecule has 1 aromatic carbocycles. The van der Waals surface area contributed by atoms with Crippen molar-refractivity contribution in [3.05, 3.63) is 59.8 Å². The van der Waals surface area contributed by atoms with Gasteiger partial charge in [-0.1, -0.05) is 12.1 Å². The molecule has 0 aliphatic carbocycles. The van der Waals surface area contributed by atoms with Crippen molar-refractivity contribution in [2.75, 3.05) is 0 Å². The number of hydrogen-bond acceptors (Lipinski definition) is 3. The van der Waals surface area contributed by atoms with Crippen molar-refractivity contribution >= 4 is 10.9 Å². The van der Waals surface area contributed by atoms with E-state index < -0.39 is 6.10 Å². The lowest BCUT2D eigenvalue weighted by Gasteiger charge is -2.09. The van der Waals surface area contributed by atoms with E-state index in [1.807, 2.05) is 37.3 Å². The van der Waals surface area contributed by atoms with Gasteiger partial charge in [0.15, 0.2) is 0 Å². The zero-order valence-electron chi connectivity index (χ0n) is 9.96. The topological polar surface area (TPSA) is 61.8 Å². The summed E-state index contributed by atoms with van der Waals surface area (Å²) in [6.07, 6.45) is 2.60. The molecule has 0 spiro atoms. The van der Waals surface area contributed by atoms with Gasteiger partial charge < -0.3 is 10.1 Å². The SMILES string of the molecule is Cc1ccc2cc(C(O)c3ncc[nH]3)ccc2n1. The van der Waals surface area contributed by atoms with E-state index in [1.165, 1.54) is 0 Å². The fourth-order valence-corrected chi connectivity index (χ4v) is 2.00. The van der Waals surface area contributed by atoms with E-state index in [9.17, 15) is 5.11 Å². The summed E-state index contributed by atoms with van der Waals surface area (Å²) in [5.41, 5.74) is 2.73. The Bertz CT molecular complexity index is 677. The Morgan fingerprint density at radius 1 is 1.22 bits per heavy atom. The number of pyridine rings is 1. The van der Waals surface area contributed by atoms with Crippen LogP contribution in [-0.4, -0.2) is 20.1 Å². The number of benzene rings is 1. The average molecular weight is 239 g/mol. The molecule has 1 atom stereocenters. The third kappa shape index (κ3) is 1.87. The second kappa shape index (κ2) is 4.23. The van der Waals surface area contributed by atoms with Crippen molar-refractivity contribution < 1.29 is 5.11 Å². The lowest BCUT2D eigenvalue weighted by molar-refractivity contribution is 0.211. The summed E-state index contributed by atoms with van der Waals surface area (Å²) in [6, 6.07) is 9.71. The molecule has 4 heteroatoms. The molecule has 0 saturated heterocycles. The Kier molecular flexibility index (Phi) is 2.57. The predicted molar refractivity (Wildman–Crippen MR) is 69.1 cm³/mol. The van der Waals surface area contributed by atoms with Crippen molar-refractivity contribution in [2.45, 2.75) is 13.0 Å². The Balaban J connectivity index is 2.06. The van der Waals surface area contributed by atoms with Gasteiger partial charge in [0.2, 0.25) is 0 Å². The molecule has 3 aromatic rings. The van der Waals surface area contributed by atoms with Gasteiger partial charge in [-0.15, -0.1) is 0 Å². The van der Waals surface area contributed by atoms with Crippen LogP contribution in [0.3, 0.4) is 0 Å². The molecule has 0 bridgehead atoms. The highest BCUT2D eigenvalue weighted by atomic mass is 16.3. The van der Waals surface area contributed by atoms with Gasteiger partial charge in [-0.2, -0.15) is 0 Å². The number of hydrogen-bond donors (Lipinski definition) is 2. The highest BCUT2D eigenvalue weighted by Gasteiger charge is 2.12. The third-order valence-electron chi connectivity index (χ3n) is 2.95. The van der Waals surface area contributed by atoms with Crippen molar-refractivity contribution in [1.29, 1.82) is 0 Å². The van der Waals surface area contributed by atoms with Gasteiger partial charge >= 0.3 is 0 Å². The number of imidazole rings is 1. The lowest BCUT2D eigenvalue weighted by atomic mass is 10.1. The molecule has 2 aromatic heterocycles. The van der Waals surface area contributed by atoms with Crippen molar-refractivity contribution in [2.24, 2.45) is 0 Å². The smallest absolute Gasteiger partial charge is 0.139 e. The minimum absolute atomic E-state index is 0.550. The molecule has 0 aliphatic heterocycles. The summed E-state index contributed by atoms with van der Waals surface area (Å²) in [5.74, 6) is 0.550. The van der Waals surface area contributed by atoms with Gasteiger partial charge in [-0.05, 0) is 30.7 Å². The predicted octanol–water partition coefficient (Wildman–Crippen LogP) is 2.35. The van der Waals surface area contributed by atoms with Crippen LogP contribution in [0.25, 0.3) is 10.9 Å². The first-order valence-corrected chi connectivity index (χ1v) is 5.79. The Morgan fingerprint density at radius 3 is 2.89 bits per heavy atom. The van der Waals surface area contributed by atoms with Crippen molar-refractivity contribution in [1.82, 2.24) is 15.0 Å². The molecule has 0 saturated carbocycles. The molecule has 2 heterocycles. The van der Waals surface area contributed by atoms with E-state index in [0.29, 0.717) is 5.82 Å². The van der Waals surface area contributed by atoms with E-state index in [0.717, 1.165) is 22.2 Å². The molecule has 0 amide bonds. The van der Waals surface area contributed by atoms with Gasteiger partial charge in [-0.25, -0.2) is 4.98 Å². The van der Waals surface area contributed by atoms with Crippen LogP contribution in [0.5, 0.6) is 0 Å². The molecule has 1 unspecified atom stereocenters. The monoisotopic (exact) mass is 239 g/mol. The van der Waals surface area contributed by atoms with E-state index in [-0.39, 0.29) is 0 Å². The maximum Gasteiger partial charge on any atom is 0.139 e. The number of aryl methyl sites for hydroxylation is 1. The van der Waals surface area contributed by atoms with Crippen LogP contribution in [0.1, 0.15) is 23.2 Å². The summed E-state index contributed by atoms with van der Waals surface area (Å²) in [7, 11) is 0.